The summed E-state index contributed by atoms with van der Waals surface area (Å²) >= 11 is 0. The minimum absolute atomic E-state index is 0.122. The van der Waals surface area contributed by atoms with Gasteiger partial charge in [-0.2, -0.15) is 0 Å². The summed E-state index contributed by atoms with van der Waals surface area (Å²) in [5.41, 5.74) is 5.26. The Hall–Kier alpha value is -1.95. The van der Waals surface area contributed by atoms with Crippen molar-refractivity contribution in [3.8, 4) is 0 Å². The molecule has 80 valence electrons. The largest absolute Gasteiger partial charge is 0.330 e. The van der Waals surface area contributed by atoms with Gasteiger partial charge < -0.3 is 11.1 Å². The van der Waals surface area contributed by atoms with Crippen LogP contribution in [0.15, 0.2) is 24.3 Å². The fraction of sp³-hybridized carbons (Fsp3) is 0.222. The van der Waals surface area contributed by atoms with Gasteiger partial charge in [-0.15, -0.1) is 0 Å². The lowest BCUT2D eigenvalue weighted by atomic mass is 10.2. The van der Waals surface area contributed by atoms with Crippen molar-refractivity contribution in [3.05, 3.63) is 34.4 Å². The molecule has 0 bridgehead atoms. The van der Waals surface area contributed by atoms with E-state index in [1.165, 1.54) is 18.2 Å². The predicted molar refractivity (Wildman–Crippen MR) is 55.4 cm³/mol. The van der Waals surface area contributed by atoms with Crippen LogP contribution in [0.3, 0.4) is 0 Å². The van der Waals surface area contributed by atoms with E-state index < -0.39 is 4.92 Å². The maximum absolute atomic E-state index is 11.2. The summed E-state index contributed by atoms with van der Waals surface area (Å²) in [5, 5.41) is 13.0. The first-order valence-corrected chi connectivity index (χ1v) is 4.38. The van der Waals surface area contributed by atoms with E-state index in [2.05, 4.69) is 5.32 Å². The molecular weight excluding hydrogens is 198 g/mol. The fourth-order valence-electron chi connectivity index (χ4n) is 1.08. The number of rotatable bonds is 4. The fourth-order valence-corrected chi connectivity index (χ4v) is 1.08. The highest BCUT2D eigenvalue weighted by Gasteiger charge is 2.13. The van der Waals surface area contributed by atoms with Crippen molar-refractivity contribution in [2.45, 2.75) is 6.42 Å². The second kappa shape index (κ2) is 5.06. The molecule has 0 saturated heterocycles. The number of nitrogens with one attached hydrogen (secondary N) is 1. The van der Waals surface area contributed by atoms with Gasteiger partial charge in [0.1, 0.15) is 5.69 Å². The number of hydrogen-bond acceptors (Lipinski definition) is 4. The Bertz CT molecular complexity index is 379. The smallest absolute Gasteiger partial charge is 0.292 e. The van der Waals surface area contributed by atoms with E-state index in [9.17, 15) is 14.9 Å². The Kier molecular flexibility index (Phi) is 3.75. The Labute approximate surface area is 86.2 Å². The standard InChI is InChI=1S/C9H11N3O3/c10-6-5-9(13)11-7-3-1-2-4-8(7)12(14)15/h1-4H,5-6,10H2,(H,11,13). The molecule has 0 saturated carbocycles. The molecule has 0 aliphatic heterocycles. The minimum atomic E-state index is -0.544. The summed E-state index contributed by atoms with van der Waals surface area (Å²) in [6.45, 7) is 0.215. The Morgan fingerprint density at radius 3 is 2.73 bits per heavy atom. The van der Waals surface area contributed by atoms with Crippen LogP contribution in [0.4, 0.5) is 11.4 Å². The van der Waals surface area contributed by atoms with Gasteiger partial charge in [0.15, 0.2) is 0 Å². The topological polar surface area (TPSA) is 98.3 Å². The number of nitrogens with zero attached hydrogens (tertiary/aromatic N) is 1. The first-order valence-electron chi connectivity index (χ1n) is 4.38. The van der Waals surface area contributed by atoms with Crippen LogP contribution in [0.25, 0.3) is 0 Å². The molecule has 3 N–H and O–H groups in total. The third kappa shape index (κ3) is 3.03. The van der Waals surface area contributed by atoms with Crippen LogP contribution in [0, 0.1) is 10.1 Å². The lowest BCUT2D eigenvalue weighted by molar-refractivity contribution is -0.383. The number of nitro benzene ring substituents is 1. The van der Waals surface area contributed by atoms with Crippen molar-refractivity contribution in [2.24, 2.45) is 5.73 Å². The number of carbonyl (C=O) groups excluding carboxylic acids is 1. The highest BCUT2D eigenvalue weighted by atomic mass is 16.6. The molecule has 0 heterocycles. The minimum Gasteiger partial charge on any atom is -0.330 e. The van der Waals surface area contributed by atoms with Gasteiger partial charge in [-0.3, -0.25) is 14.9 Å². The van der Waals surface area contributed by atoms with Gasteiger partial charge >= 0.3 is 0 Å². The molecule has 1 amide bonds. The molecule has 0 spiro atoms. The molecule has 15 heavy (non-hydrogen) atoms. The van der Waals surface area contributed by atoms with E-state index in [1.54, 1.807) is 6.07 Å². The number of anilines is 1. The Morgan fingerprint density at radius 2 is 2.13 bits per heavy atom. The van der Waals surface area contributed by atoms with Crippen molar-refractivity contribution in [1.29, 1.82) is 0 Å². The summed E-state index contributed by atoms with van der Waals surface area (Å²) < 4.78 is 0. The number of hydrogen-bond donors (Lipinski definition) is 2. The normalized spacial score (nSPS) is 9.67. The first-order chi connectivity index (χ1) is 7.15. The predicted octanol–water partition coefficient (Wildman–Crippen LogP) is 0.882. The van der Waals surface area contributed by atoms with Crippen LogP contribution < -0.4 is 11.1 Å². The second-order valence-electron chi connectivity index (χ2n) is 2.86. The van der Waals surface area contributed by atoms with E-state index in [0.29, 0.717) is 0 Å². The molecular formula is C9H11N3O3. The molecule has 0 aliphatic carbocycles. The Morgan fingerprint density at radius 1 is 1.47 bits per heavy atom. The number of nitro groups is 1. The van der Waals surface area contributed by atoms with Gasteiger partial charge in [0.25, 0.3) is 5.69 Å². The zero-order valence-corrected chi connectivity index (χ0v) is 7.97. The first kappa shape index (κ1) is 11.1. The number of benzene rings is 1. The molecule has 1 aromatic rings. The zero-order valence-electron chi connectivity index (χ0n) is 7.97. The van der Waals surface area contributed by atoms with Gasteiger partial charge in [0.2, 0.25) is 5.91 Å². The zero-order chi connectivity index (χ0) is 11.3. The summed E-state index contributed by atoms with van der Waals surface area (Å²) in [7, 11) is 0. The molecule has 6 heteroatoms. The van der Waals surface area contributed by atoms with Crippen molar-refractivity contribution >= 4 is 17.3 Å². The summed E-state index contributed by atoms with van der Waals surface area (Å²) in [6, 6.07) is 5.96. The molecule has 6 nitrogen and oxygen atoms in total. The molecule has 1 rings (SSSR count). The highest BCUT2D eigenvalue weighted by molar-refractivity contribution is 5.93. The van der Waals surface area contributed by atoms with Gasteiger partial charge in [0, 0.05) is 19.0 Å². The van der Waals surface area contributed by atoms with E-state index in [-0.39, 0.29) is 30.2 Å². The Balaban J connectivity index is 2.84. The van der Waals surface area contributed by atoms with Crippen LogP contribution in [0.1, 0.15) is 6.42 Å². The molecule has 1 aromatic carbocycles. The van der Waals surface area contributed by atoms with E-state index in [4.69, 9.17) is 5.73 Å². The molecule has 0 unspecified atom stereocenters. The number of para-hydroxylation sites is 2. The van der Waals surface area contributed by atoms with Crippen LogP contribution >= 0.6 is 0 Å². The maximum Gasteiger partial charge on any atom is 0.292 e. The maximum atomic E-state index is 11.2. The van der Waals surface area contributed by atoms with Crippen LogP contribution in [-0.4, -0.2) is 17.4 Å². The van der Waals surface area contributed by atoms with E-state index in [0.717, 1.165) is 0 Å². The van der Waals surface area contributed by atoms with Crippen LogP contribution in [-0.2, 0) is 4.79 Å². The van der Waals surface area contributed by atoms with Crippen LogP contribution in [0.5, 0.6) is 0 Å². The number of carbonyl (C=O) groups is 1. The highest BCUT2D eigenvalue weighted by Crippen LogP contribution is 2.22. The van der Waals surface area contributed by atoms with Crippen molar-refractivity contribution < 1.29 is 9.72 Å². The third-order valence-electron chi connectivity index (χ3n) is 1.75. The molecule has 0 aromatic heterocycles. The van der Waals surface area contributed by atoms with Crippen LogP contribution in [0.2, 0.25) is 0 Å². The summed E-state index contributed by atoms with van der Waals surface area (Å²) in [5.74, 6) is -0.327. The third-order valence-corrected chi connectivity index (χ3v) is 1.75. The molecule has 0 radical (unpaired) electrons. The van der Waals surface area contributed by atoms with E-state index >= 15 is 0 Å². The lowest BCUT2D eigenvalue weighted by Crippen LogP contribution is -2.16. The molecule has 0 aliphatic rings. The van der Waals surface area contributed by atoms with Gasteiger partial charge in [-0.05, 0) is 6.07 Å². The summed E-state index contributed by atoms with van der Waals surface area (Å²) in [6.07, 6.45) is 0.145. The lowest BCUT2D eigenvalue weighted by Gasteiger charge is -2.04. The van der Waals surface area contributed by atoms with E-state index in [1.807, 2.05) is 0 Å². The second-order valence-corrected chi connectivity index (χ2v) is 2.86. The average Bonchev–Trinajstić information content (AvgIpc) is 2.18. The SMILES string of the molecule is NCCC(=O)Nc1ccccc1[N+](=O)[O-]. The molecule has 0 fully saturated rings. The van der Waals surface area contributed by atoms with Crippen molar-refractivity contribution in [3.63, 3.8) is 0 Å². The number of amides is 1. The monoisotopic (exact) mass is 209 g/mol. The van der Waals surface area contributed by atoms with Gasteiger partial charge in [-0.1, -0.05) is 12.1 Å². The van der Waals surface area contributed by atoms with Gasteiger partial charge in [0.05, 0.1) is 4.92 Å². The molecule has 0 atom stereocenters. The quantitative estimate of drug-likeness (QED) is 0.568. The number of nitrogens with two attached hydrogens (primary N) is 1. The van der Waals surface area contributed by atoms with Crippen molar-refractivity contribution in [1.82, 2.24) is 0 Å². The summed E-state index contributed by atoms with van der Waals surface area (Å²) in [4.78, 5) is 21.2. The van der Waals surface area contributed by atoms with Gasteiger partial charge in [-0.25, -0.2) is 0 Å². The average molecular weight is 209 g/mol. The van der Waals surface area contributed by atoms with Crippen molar-refractivity contribution in [2.75, 3.05) is 11.9 Å².